The van der Waals surface area contributed by atoms with Crippen LogP contribution in [0.4, 0.5) is 0 Å². The fraction of sp³-hybridized carbons (Fsp3) is 0.647. The topological polar surface area (TPSA) is 38.5 Å². The zero-order valence-corrected chi connectivity index (χ0v) is 13.2. The van der Waals surface area contributed by atoms with Gasteiger partial charge in [-0.25, -0.2) is 0 Å². The molecule has 0 fully saturated rings. The normalized spacial score (nSPS) is 13.1. The minimum atomic E-state index is 0.228. The molecule has 2 N–H and O–H groups in total. The summed E-state index contributed by atoms with van der Waals surface area (Å²) >= 11 is 0. The highest BCUT2D eigenvalue weighted by molar-refractivity contribution is 5.14. The SMILES string of the molecule is COCCN(CC(C)C)CC(N)CCc1ccccc1. The predicted molar refractivity (Wildman–Crippen MR) is 85.9 cm³/mol. The summed E-state index contributed by atoms with van der Waals surface area (Å²) in [5.74, 6) is 0.660. The van der Waals surface area contributed by atoms with Gasteiger partial charge in [0.15, 0.2) is 0 Å². The Kier molecular flexibility index (Phi) is 8.51. The maximum Gasteiger partial charge on any atom is 0.0589 e. The summed E-state index contributed by atoms with van der Waals surface area (Å²) in [6.45, 7) is 8.27. The number of nitrogens with two attached hydrogens (primary N) is 1. The highest BCUT2D eigenvalue weighted by atomic mass is 16.5. The molecule has 1 unspecified atom stereocenters. The molecular formula is C17H30N2O. The zero-order valence-electron chi connectivity index (χ0n) is 13.2. The maximum atomic E-state index is 6.29. The van der Waals surface area contributed by atoms with Crippen molar-refractivity contribution in [2.24, 2.45) is 11.7 Å². The monoisotopic (exact) mass is 278 g/mol. The molecule has 0 spiro atoms. The number of hydrogen-bond acceptors (Lipinski definition) is 3. The molecule has 1 atom stereocenters. The lowest BCUT2D eigenvalue weighted by molar-refractivity contribution is 0.135. The minimum absolute atomic E-state index is 0.228. The smallest absolute Gasteiger partial charge is 0.0589 e. The summed E-state index contributed by atoms with van der Waals surface area (Å²) in [4.78, 5) is 2.42. The molecule has 0 aliphatic rings. The quantitative estimate of drug-likeness (QED) is 0.715. The molecule has 1 aromatic rings. The molecule has 0 heterocycles. The van der Waals surface area contributed by atoms with Gasteiger partial charge in [0.25, 0.3) is 0 Å². The number of benzene rings is 1. The van der Waals surface area contributed by atoms with Gasteiger partial charge in [0.2, 0.25) is 0 Å². The van der Waals surface area contributed by atoms with E-state index in [0.29, 0.717) is 5.92 Å². The Bertz CT molecular complexity index is 340. The summed E-state index contributed by atoms with van der Waals surface area (Å²) in [7, 11) is 1.75. The van der Waals surface area contributed by atoms with Crippen molar-refractivity contribution in [1.82, 2.24) is 4.90 Å². The van der Waals surface area contributed by atoms with E-state index < -0.39 is 0 Å². The first-order valence-corrected chi connectivity index (χ1v) is 7.62. The molecule has 0 saturated carbocycles. The highest BCUT2D eigenvalue weighted by Gasteiger charge is 2.12. The van der Waals surface area contributed by atoms with E-state index in [1.165, 1.54) is 5.56 Å². The van der Waals surface area contributed by atoms with Crippen LogP contribution in [0.3, 0.4) is 0 Å². The average molecular weight is 278 g/mol. The van der Waals surface area contributed by atoms with Crippen molar-refractivity contribution < 1.29 is 4.74 Å². The van der Waals surface area contributed by atoms with Crippen molar-refractivity contribution in [1.29, 1.82) is 0 Å². The van der Waals surface area contributed by atoms with E-state index in [2.05, 4.69) is 49.1 Å². The molecule has 3 nitrogen and oxygen atoms in total. The van der Waals surface area contributed by atoms with E-state index in [1.807, 2.05) is 0 Å². The van der Waals surface area contributed by atoms with Crippen molar-refractivity contribution in [2.45, 2.75) is 32.7 Å². The van der Waals surface area contributed by atoms with Gasteiger partial charge in [-0.2, -0.15) is 0 Å². The van der Waals surface area contributed by atoms with E-state index in [4.69, 9.17) is 10.5 Å². The van der Waals surface area contributed by atoms with Crippen molar-refractivity contribution in [2.75, 3.05) is 33.4 Å². The lowest BCUT2D eigenvalue weighted by Gasteiger charge is -2.27. The summed E-state index contributed by atoms with van der Waals surface area (Å²) in [5, 5.41) is 0. The first kappa shape index (κ1) is 17.2. The van der Waals surface area contributed by atoms with E-state index in [1.54, 1.807) is 7.11 Å². The summed E-state index contributed by atoms with van der Waals surface area (Å²) in [6, 6.07) is 10.8. The first-order chi connectivity index (χ1) is 9.61. The molecule has 20 heavy (non-hydrogen) atoms. The molecule has 0 aliphatic carbocycles. The first-order valence-electron chi connectivity index (χ1n) is 7.62. The molecule has 0 aromatic heterocycles. The Morgan fingerprint density at radius 1 is 1.15 bits per heavy atom. The number of aryl methyl sites for hydroxylation is 1. The van der Waals surface area contributed by atoms with Crippen LogP contribution in [0.1, 0.15) is 25.8 Å². The van der Waals surface area contributed by atoms with Crippen LogP contribution in [-0.4, -0.2) is 44.3 Å². The van der Waals surface area contributed by atoms with Gasteiger partial charge < -0.3 is 10.5 Å². The van der Waals surface area contributed by atoms with Crippen molar-refractivity contribution in [3.05, 3.63) is 35.9 Å². The average Bonchev–Trinajstić information content (AvgIpc) is 2.43. The van der Waals surface area contributed by atoms with E-state index in [-0.39, 0.29) is 6.04 Å². The minimum Gasteiger partial charge on any atom is -0.383 e. The fourth-order valence-electron chi connectivity index (χ4n) is 2.41. The van der Waals surface area contributed by atoms with Crippen molar-refractivity contribution in [3.63, 3.8) is 0 Å². The number of nitrogens with zero attached hydrogens (tertiary/aromatic N) is 1. The van der Waals surface area contributed by atoms with Gasteiger partial charge in [-0.15, -0.1) is 0 Å². The van der Waals surface area contributed by atoms with Crippen LogP contribution in [0, 0.1) is 5.92 Å². The van der Waals surface area contributed by atoms with Gasteiger partial charge in [-0.1, -0.05) is 44.2 Å². The molecule has 114 valence electrons. The Morgan fingerprint density at radius 3 is 2.45 bits per heavy atom. The van der Waals surface area contributed by atoms with Crippen LogP contribution >= 0.6 is 0 Å². The van der Waals surface area contributed by atoms with Crippen LogP contribution in [0.2, 0.25) is 0 Å². The molecule has 0 aliphatic heterocycles. The highest BCUT2D eigenvalue weighted by Crippen LogP contribution is 2.06. The fourth-order valence-corrected chi connectivity index (χ4v) is 2.41. The zero-order chi connectivity index (χ0) is 14.8. The van der Waals surface area contributed by atoms with Gasteiger partial charge in [-0.05, 0) is 24.3 Å². The Morgan fingerprint density at radius 2 is 1.85 bits per heavy atom. The standard InChI is InChI=1S/C17H30N2O/c1-15(2)13-19(11-12-20-3)14-17(18)10-9-16-7-5-4-6-8-16/h4-8,15,17H,9-14,18H2,1-3H3. The van der Waals surface area contributed by atoms with E-state index in [9.17, 15) is 0 Å². The number of hydrogen-bond donors (Lipinski definition) is 1. The predicted octanol–water partition coefficient (Wildman–Crippen LogP) is 2.55. The molecular weight excluding hydrogens is 248 g/mol. The second kappa shape index (κ2) is 9.92. The molecule has 1 aromatic carbocycles. The largest absolute Gasteiger partial charge is 0.383 e. The lowest BCUT2D eigenvalue weighted by atomic mass is 10.0. The third-order valence-corrected chi connectivity index (χ3v) is 3.37. The van der Waals surface area contributed by atoms with Crippen LogP contribution < -0.4 is 5.73 Å². The molecule has 1 rings (SSSR count). The van der Waals surface area contributed by atoms with E-state index >= 15 is 0 Å². The Labute approximate surface area is 124 Å². The molecule has 0 saturated heterocycles. The Hall–Kier alpha value is -0.900. The summed E-state index contributed by atoms with van der Waals surface area (Å²) < 4.78 is 5.18. The van der Waals surface area contributed by atoms with Crippen molar-refractivity contribution >= 4 is 0 Å². The number of methoxy groups -OCH3 is 1. The van der Waals surface area contributed by atoms with Gasteiger partial charge in [-0.3, -0.25) is 4.90 Å². The second-order valence-corrected chi connectivity index (χ2v) is 5.93. The Balaban J connectivity index is 2.34. The second-order valence-electron chi connectivity index (χ2n) is 5.93. The molecule has 3 heteroatoms. The molecule has 0 radical (unpaired) electrons. The van der Waals surface area contributed by atoms with Gasteiger partial charge >= 0.3 is 0 Å². The molecule has 0 amide bonds. The van der Waals surface area contributed by atoms with Crippen LogP contribution in [-0.2, 0) is 11.2 Å². The van der Waals surface area contributed by atoms with Gasteiger partial charge in [0.1, 0.15) is 0 Å². The number of ether oxygens (including phenoxy) is 1. The lowest BCUT2D eigenvalue weighted by Crippen LogP contribution is -2.41. The third kappa shape index (κ3) is 7.63. The van der Waals surface area contributed by atoms with Crippen LogP contribution in [0.5, 0.6) is 0 Å². The summed E-state index contributed by atoms with van der Waals surface area (Å²) in [5.41, 5.74) is 7.66. The van der Waals surface area contributed by atoms with E-state index in [0.717, 1.165) is 39.1 Å². The van der Waals surface area contributed by atoms with Crippen LogP contribution in [0.15, 0.2) is 30.3 Å². The third-order valence-electron chi connectivity index (χ3n) is 3.37. The van der Waals surface area contributed by atoms with Gasteiger partial charge in [0, 0.05) is 32.8 Å². The molecule has 0 bridgehead atoms. The van der Waals surface area contributed by atoms with Crippen molar-refractivity contribution in [3.8, 4) is 0 Å². The number of rotatable bonds is 10. The maximum absolute atomic E-state index is 6.29. The van der Waals surface area contributed by atoms with Gasteiger partial charge in [0.05, 0.1) is 6.61 Å². The summed E-state index contributed by atoms with van der Waals surface area (Å²) in [6.07, 6.45) is 2.09. The van der Waals surface area contributed by atoms with Crippen LogP contribution in [0.25, 0.3) is 0 Å².